The molecule has 4 saturated carbocycles. The van der Waals surface area contributed by atoms with Crippen molar-refractivity contribution < 1.29 is 38.6 Å². The quantitative estimate of drug-likeness (QED) is 0.0444. The summed E-state index contributed by atoms with van der Waals surface area (Å²) in [5.41, 5.74) is 12.6. The molecule has 60 heavy (non-hydrogen) atoms. The van der Waals surface area contributed by atoms with Gasteiger partial charge in [-0.15, -0.1) is 0 Å². The summed E-state index contributed by atoms with van der Waals surface area (Å²) in [5, 5.41) is 33.2. The summed E-state index contributed by atoms with van der Waals surface area (Å²) in [6.07, 6.45) is 6.21. The van der Waals surface area contributed by atoms with Gasteiger partial charge >= 0.3 is 12.2 Å². The molecule has 4 aliphatic carbocycles. The zero-order valence-electron chi connectivity index (χ0n) is 34.1. The maximum Gasteiger partial charge on any atom is 0.407 e. The van der Waals surface area contributed by atoms with E-state index in [1.165, 1.54) is 19.3 Å². The Kier molecular flexibility index (Phi) is 16.5. The Hall–Kier alpha value is -5.87. The smallest absolute Gasteiger partial charge is 0.407 e. The van der Waals surface area contributed by atoms with Crippen LogP contribution in [0.4, 0.5) is 9.59 Å². The van der Waals surface area contributed by atoms with E-state index < -0.39 is 60.0 Å². The van der Waals surface area contributed by atoms with Crippen LogP contribution in [0.2, 0.25) is 0 Å². The van der Waals surface area contributed by atoms with Gasteiger partial charge in [-0.25, -0.2) is 9.59 Å². The molecule has 0 radical (unpaired) electrons. The molecule has 12 N–H and O–H groups in total. The van der Waals surface area contributed by atoms with Crippen LogP contribution in [0.25, 0.3) is 0 Å². The Morgan fingerprint density at radius 2 is 1.18 bits per heavy atom. The van der Waals surface area contributed by atoms with E-state index >= 15 is 0 Å². The number of primary amides is 1. The van der Waals surface area contributed by atoms with Crippen LogP contribution in [-0.2, 0) is 36.9 Å². The number of carbonyl (C=O) groups excluding carboxylic acids is 5. The third-order valence-electron chi connectivity index (χ3n) is 12.0. The summed E-state index contributed by atoms with van der Waals surface area (Å²) in [5.74, 6) is -1.27. The molecule has 2 aromatic carbocycles. The van der Waals surface area contributed by atoms with Gasteiger partial charge in [-0.05, 0) is 111 Å². The number of nitrogens with one attached hydrogen (secondary N) is 7. The molecule has 4 aliphatic rings. The number of amides is 6. The highest BCUT2D eigenvalue weighted by atomic mass is 16.5. The Bertz CT molecular complexity index is 1760. The van der Waals surface area contributed by atoms with Crippen molar-refractivity contribution in [2.24, 2.45) is 34.6 Å². The average molecular weight is 832 g/mol. The first kappa shape index (κ1) is 45.2. The monoisotopic (exact) mass is 831 g/mol. The van der Waals surface area contributed by atoms with Gasteiger partial charge in [0.2, 0.25) is 23.6 Å². The lowest BCUT2D eigenvalue weighted by Crippen LogP contribution is -2.60. The van der Waals surface area contributed by atoms with Gasteiger partial charge in [-0.2, -0.15) is 0 Å². The van der Waals surface area contributed by atoms with E-state index in [1.807, 2.05) is 30.3 Å². The van der Waals surface area contributed by atoms with Crippen LogP contribution >= 0.6 is 0 Å². The fourth-order valence-electron chi connectivity index (χ4n) is 9.73. The van der Waals surface area contributed by atoms with Gasteiger partial charge in [0.1, 0.15) is 30.8 Å². The minimum absolute atomic E-state index is 0.0270. The second-order valence-electron chi connectivity index (χ2n) is 16.9. The zero-order chi connectivity index (χ0) is 43.1. The van der Waals surface area contributed by atoms with Gasteiger partial charge in [0.15, 0.2) is 5.96 Å². The van der Waals surface area contributed by atoms with Crippen LogP contribution in [0.15, 0.2) is 60.7 Å². The molecular weight excluding hydrogens is 771 g/mol. The predicted octanol–water partition coefficient (Wildman–Crippen LogP) is 2.77. The maximum atomic E-state index is 14.3. The fraction of sp³-hybridized carbons (Fsp3) is 0.558. The minimum atomic E-state index is -1.41. The molecule has 6 rings (SSSR count). The highest BCUT2D eigenvalue weighted by Crippen LogP contribution is 2.61. The number of ether oxygens (including phenoxy) is 1. The van der Waals surface area contributed by atoms with Crippen molar-refractivity contribution in [1.29, 1.82) is 5.41 Å². The van der Waals surface area contributed by atoms with Gasteiger partial charge in [0.05, 0.1) is 0 Å². The summed E-state index contributed by atoms with van der Waals surface area (Å²) in [6, 6.07) is 13.6. The van der Waals surface area contributed by atoms with Crippen LogP contribution < -0.4 is 43.4 Å². The first-order valence-electron chi connectivity index (χ1n) is 21.0. The molecule has 4 bridgehead atoms. The Morgan fingerprint density at radius 1 is 0.667 bits per heavy atom. The summed E-state index contributed by atoms with van der Waals surface area (Å²) >= 11 is 0. The van der Waals surface area contributed by atoms with Crippen molar-refractivity contribution in [2.45, 2.75) is 114 Å². The van der Waals surface area contributed by atoms with E-state index in [-0.39, 0.29) is 50.3 Å². The van der Waals surface area contributed by atoms with Crippen molar-refractivity contribution in [2.75, 3.05) is 13.1 Å². The lowest BCUT2D eigenvalue weighted by molar-refractivity contribution is -0.136. The number of hydrogen-bond donors (Lipinski definition) is 10. The summed E-state index contributed by atoms with van der Waals surface area (Å²) < 4.78 is 5.25. The van der Waals surface area contributed by atoms with E-state index in [4.69, 9.17) is 21.6 Å². The number of guanidine groups is 1. The molecule has 4 fully saturated rings. The number of carboxylic acid groups (broad SMARTS) is 1. The Labute approximate surface area is 350 Å². The third-order valence-corrected chi connectivity index (χ3v) is 12.0. The molecule has 326 valence electrons. The van der Waals surface area contributed by atoms with Gasteiger partial charge < -0.3 is 53.2 Å². The predicted molar refractivity (Wildman–Crippen MR) is 223 cm³/mol. The van der Waals surface area contributed by atoms with Crippen molar-refractivity contribution in [3.63, 3.8) is 0 Å². The number of unbranched alkanes of at least 4 members (excludes halogenated alkanes) is 1. The first-order valence-corrected chi connectivity index (χ1v) is 21.0. The number of rotatable bonds is 23. The highest BCUT2D eigenvalue weighted by molar-refractivity contribution is 5.95. The van der Waals surface area contributed by atoms with Crippen LogP contribution in [0, 0.1) is 28.6 Å². The van der Waals surface area contributed by atoms with E-state index in [9.17, 15) is 33.9 Å². The van der Waals surface area contributed by atoms with Gasteiger partial charge in [0.25, 0.3) is 0 Å². The number of carbonyl (C=O) groups is 6. The molecule has 17 nitrogen and oxygen atoms in total. The maximum absolute atomic E-state index is 14.3. The highest BCUT2D eigenvalue weighted by Gasteiger charge is 2.52. The molecule has 2 aromatic rings. The lowest BCUT2D eigenvalue weighted by atomic mass is 9.48. The van der Waals surface area contributed by atoms with Crippen molar-refractivity contribution in [1.82, 2.24) is 31.9 Å². The van der Waals surface area contributed by atoms with Crippen LogP contribution in [-0.4, -0.2) is 84.1 Å². The van der Waals surface area contributed by atoms with Crippen LogP contribution in [0.1, 0.15) is 88.2 Å². The third kappa shape index (κ3) is 14.2. The molecule has 0 aliphatic heterocycles. The normalized spacial score (nSPS) is 21.9. The van der Waals surface area contributed by atoms with Gasteiger partial charge in [-0.3, -0.25) is 24.6 Å². The number of alkyl carbamates (subject to hydrolysis) is 1. The molecule has 6 amide bonds. The van der Waals surface area contributed by atoms with Crippen molar-refractivity contribution in [3.8, 4) is 0 Å². The fourth-order valence-corrected chi connectivity index (χ4v) is 9.73. The lowest BCUT2D eigenvalue weighted by Gasteiger charge is -2.57. The van der Waals surface area contributed by atoms with Gasteiger partial charge in [-0.1, -0.05) is 60.7 Å². The molecule has 4 atom stereocenters. The molecule has 4 unspecified atom stereocenters. The second kappa shape index (κ2) is 21.9. The minimum Gasteiger partial charge on any atom is -0.465 e. The molecule has 0 aromatic heterocycles. The van der Waals surface area contributed by atoms with E-state index in [1.54, 1.807) is 30.3 Å². The van der Waals surface area contributed by atoms with E-state index in [2.05, 4.69) is 31.9 Å². The molecule has 0 heterocycles. The Balaban J connectivity index is 1.26. The summed E-state index contributed by atoms with van der Waals surface area (Å²) in [7, 11) is 0. The van der Waals surface area contributed by atoms with Crippen LogP contribution in [0.5, 0.6) is 0 Å². The first-order chi connectivity index (χ1) is 28.8. The molecular formula is C43H61N9O8. The zero-order valence-corrected chi connectivity index (χ0v) is 34.1. The molecule has 0 spiro atoms. The number of hydrogen-bond acceptors (Lipinski definition) is 8. The largest absolute Gasteiger partial charge is 0.465 e. The van der Waals surface area contributed by atoms with Gasteiger partial charge in [0, 0.05) is 19.5 Å². The van der Waals surface area contributed by atoms with E-state index in [0.717, 1.165) is 24.8 Å². The number of nitrogens with two attached hydrogens (primary N) is 2. The topological polar surface area (TPSA) is 280 Å². The summed E-state index contributed by atoms with van der Waals surface area (Å²) in [6.45, 7) is 0.628. The van der Waals surface area contributed by atoms with Crippen molar-refractivity contribution in [3.05, 3.63) is 71.8 Å². The average Bonchev–Trinajstić information content (AvgIpc) is 3.19. The van der Waals surface area contributed by atoms with E-state index in [0.29, 0.717) is 49.0 Å². The second-order valence-corrected chi connectivity index (χ2v) is 16.9. The molecule has 0 saturated heterocycles. The standard InChI is InChI=1S/C43H61N9O8/c44-36(53)32(14-7-8-16-48-42(59)60-26-28-12-5-2-6-13-28)49-39(56)35(25-43-22-29-18-30(23-43)20-31(19-29)24-43)51-37(54)33(15-9-17-47-40(45)46)50-38(55)34(52-41(57)58)21-27-10-3-1-4-11-27/h1-6,10-13,29-35,52H,7-9,14-26H2,(H2,44,53)(H,48,59)(H,49,56)(H,50,55)(H,51,54)(H,57,58)(H4,45,46,47). The Morgan fingerprint density at radius 3 is 1.77 bits per heavy atom. The summed E-state index contributed by atoms with van der Waals surface area (Å²) in [4.78, 5) is 78.9. The SMILES string of the molecule is N=C(N)NCCCC(NC(=O)C(Cc1ccccc1)NC(=O)O)C(=O)NC(CC12CC3CC(CC(C3)C1)C2)C(=O)NC(CCCCNC(=O)OCc1ccccc1)C(N)=O. The van der Waals surface area contributed by atoms with Crippen molar-refractivity contribution >= 4 is 41.8 Å². The molecule has 17 heteroatoms. The number of benzene rings is 2. The van der Waals surface area contributed by atoms with Crippen LogP contribution in [0.3, 0.4) is 0 Å².